The minimum Gasteiger partial charge on any atom is -0.310 e. The van der Waals surface area contributed by atoms with Crippen molar-refractivity contribution in [2.75, 3.05) is 9.80 Å². The highest BCUT2D eigenvalue weighted by Gasteiger charge is 2.36. The maximum atomic E-state index is 2.39. The maximum absolute atomic E-state index is 2.39. The molecule has 0 unspecified atom stereocenters. The van der Waals surface area contributed by atoms with Crippen molar-refractivity contribution in [2.24, 2.45) is 0 Å². The highest BCUT2D eigenvalue weighted by Crippen LogP contribution is 2.51. The van der Waals surface area contributed by atoms with E-state index in [-0.39, 0.29) is 5.41 Å². The van der Waals surface area contributed by atoms with Crippen LogP contribution in [-0.4, -0.2) is 0 Å². The molecule has 0 saturated heterocycles. The summed E-state index contributed by atoms with van der Waals surface area (Å²) >= 11 is 0. The first-order chi connectivity index (χ1) is 24.8. The van der Waals surface area contributed by atoms with E-state index in [1.165, 1.54) is 50.2 Å². The Morgan fingerprint density at radius 1 is 0.373 bits per heavy atom. The van der Waals surface area contributed by atoms with E-state index < -0.39 is 0 Å². The molecule has 2 nitrogen and oxygen atoms in total. The third kappa shape index (κ3) is 6.26. The van der Waals surface area contributed by atoms with Crippen LogP contribution in [0.15, 0.2) is 170 Å². The minimum atomic E-state index is -0.139. The van der Waals surface area contributed by atoms with E-state index in [0.717, 1.165) is 28.4 Å². The van der Waals surface area contributed by atoms with Gasteiger partial charge >= 0.3 is 0 Å². The molecule has 0 saturated carbocycles. The molecule has 2 heteroatoms. The molecule has 51 heavy (non-hydrogen) atoms. The van der Waals surface area contributed by atoms with E-state index in [0.29, 0.717) is 0 Å². The van der Waals surface area contributed by atoms with Gasteiger partial charge in [-0.1, -0.05) is 123 Å². The Balaban J connectivity index is 1.08. The first-order valence-corrected chi connectivity index (χ1v) is 17.8. The van der Waals surface area contributed by atoms with Crippen LogP contribution in [0.2, 0.25) is 0 Å². The third-order valence-corrected chi connectivity index (χ3v) is 10.1. The van der Waals surface area contributed by atoms with Crippen molar-refractivity contribution in [1.29, 1.82) is 0 Å². The Labute approximate surface area is 302 Å². The Kier molecular flexibility index (Phi) is 8.37. The smallest absolute Gasteiger partial charge is 0.0465 e. The topological polar surface area (TPSA) is 6.48 Å². The van der Waals surface area contributed by atoms with E-state index in [2.05, 4.69) is 220 Å². The summed E-state index contributed by atoms with van der Waals surface area (Å²) in [6, 6.07) is 61.4. The largest absolute Gasteiger partial charge is 0.310 e. The van der Waals surface area contributed by atoms with Crippen molar-refractivity contribution in [3.8, 4) is 11.1 Å². The summed E-state index contributed by atoms with van der Waals surface area (Å²) in [5, 5.41) is 0. The SMILES string of the molecule is Cc1cccc(N(c2ccc(/C=C/c3ccc4c(c3)C(C)(C)c3cc(N(c5ccccc5)c5ccccc5)ccc3-4)cc2)c2cccc(C)c2)c1. The summed E-state index contributed by atoms with van der Waals surface area (Å²) in [5.41, 5.74) is 17.0. The van der Waals surface area contributed by atoms with Gasteiger partial charge in [-0.2, -0.15) is 0 Å². The van der Waals surface area contributed by atoms with Crippen molar-refractivity contribution >= 4 is 46.3 Å². The summed E-state index contributed by atoms with van der Waals surface area (Å²) in [6.45, 7) is 9.01. The molecule has 1 aliphatic rings. The monoisotopic (exact) mass is 658 g/mol. The molecule has 7 aromatic rings. The number of aryl methyl sites for hydroxylation is 2. The quantitative estimate of drug-likeness (QED) is 0.150. The summed E-state index contributed by atoms with van der Waals surface area (Å²) in [5.74, 6) is 0. The van der Waals surface area contributed by atoms with Crippen LogP contribution < -0.4 is 9.80 Å². The zero-order valence-electron chi connectivity index (χ0n) is 29.7. The Morgan fingerprint density at radius 2 is 0.784 bits per heavy atom. The van der Waals surface area contributed by atoms with Crippen molar-refractivity contribution in [1.82, 2.24) is 0 Å². The molecule has 0 aliphatic heterocycles. The van der Waals surface area contributed by atoms with E-state index >= 15 is 0 Å². The molecule has 8 rings (SSSR count). The molecule has 0 fully saturated rings. The molecule has 0 amide bonds. The molecule has 0 spiro atoms. The van der Waals surface area contributed by atoms with Crippen LogP contribution in [0.1, 0.15) is 47.2 Å². The summed E-state index contributed by atoms with van der Waals surface area (Å²) in [6.07, 6.45) is 4.46. The lowest BCUT2D eigenvalue weighted by Crippen LogP contribution is -2.16. The number of anilines is 6. The van der Waals surface area contributed by atoms with Gasteiger partial charge < -0.3 is 9.80 Å². The fraction of sp³-hybridized carbons (Fsp3) is 0.102. The lowest BCUT2D eigenvalue weighted by molar-refractivity contribution is 0.660. The first kappa shape index (κ1) is 32.1. The van der Waals surface area contributed by atoms with Gasteiger partial charge in [0.1, 0.15) is 0 Å². The van der Waals surface area contributed by atoms with Gasteiger partial charge in [-0.3, -0.25) is 0 Å². The van der Waals surface area contributed by atoms with Gasteiger partial charge in [0.25, 0.3) is 0 Å². The Bertz CT molecular complexity index is 2270. The molecular formula is C49H42N2. The molecule has 0 bridgehead atoms. The maximum Gasteiger partial charge on any atom is 0.0465 e. The standard InChI is InChI=1S/C49H42N2/c1-35-13-11-19-42(31-35)51(43-20-12-14-36(2)32-43)41-26-23-37(24-27-41)21-22-38-25-29-45-46-30-28-44(34-48(46)49(3,4)47(45)33-38)50(39-15-7-5-8-16-39)40-17-9-6-10-18-40/h5-34H,1-4H3/b22-21+. The number of hydrogen-bond donors (Lipinski definition) is 0. The number of hydrogen-bond acceptors (Lipinski definition) is 2. The van der Waals surface area contributed by atoms with Crippen LogP contribution in [0.3, 0.4) is 0 Å². The van der Waals surface area contributed by atoms with Crippen LogP contribution in [0.5, 0.6) is 0 Å². The Hall–Kier alpha value is -6.12. The number of fused-ring (bicyclic) bond motifs is 3. The van der Waals surface area contributed by atoms with E-state index in [1.807, 2.05) is 0 Å². The second-order valence-corrected chi connectivity index (χ2v) is 14.1. The molecule has 0 atom stereocenters. The number of rotatable bonds is 8. The Morgan fingerprint density at radius 3 is 1.35 bits per heavy atom. The average Bonchev–Trinajstić information content (AvgIpc) is 3.37. The van der Waals surface area contributed by atoms with Crippen molar-refractivity contribution in [3.63, 3.8) is 0 Å². The average molecular weight is 659 g/mol. The summed E-state index contributed by atoms with van der Waals surface area (Å²) in [4.78, 5) is 4.68. The normalized spacial score (nSPS) is 12.8. The summed E-state index contributed by atoms with van der Waals surface area (Å²) < 4.78 is 0. The first-order valence-electron chi connectivity index (χ1n) is 17.8. The fourth-order valence-electron chi connectivity index (χ4n) is 7.50. The van der Waals surface area contributed by atoms with Gasteiger partial charge in [0.05, 0.1) is 0 Å². The number of para-hydroxylation sites is 2. The molecule has 0 N–H and O–H groups in total. The molecule has 0 radical (unpaired) electrons. The van der Waals surface area contributed by atoms with Crippen LogP contribution in [0.25, 0.3) is 23.3 Å². The molecule has 1 aliphatic carbocycles. The lowest BCUT2D eigenvalue weighted by atomic mass is 9.81. The van der Waals surface area contributed by atoms with Gasteiger partial charge in [-0.05, 0) is 131 Å². The van der Waals surface area contributed by atoms with Crippen molar-refractivity contribution in [3.05, 3.63) is 203 Å². The van der Waals surface area contributed by atoms with Crippen LogP contribution in [-0.2, 0) is 5.41 Å². The molecule has 0 aromatic heterocycles. The minimum absolute atomic E-state index is 0.139. The molecule has 7 aromatic carbocycles. The molecular weight excluding hydrogens is 617 g/mol. The van der Waals surface area contributed by atoms with E-state index in [1.54, 1.807) is 0 Å². The van der Waals surface area contributed by atoms with Gasteiger partial charge in [0.2, 0.25) is 0 Å². The van der Waals surface area contributed by atoms with Gasteiger partial charge in [0, 0.05) is 39.5 Å². The van der Waals surface area contributed by atoms with E-state index in [9.17, 15) is 0 Å². The van der Waals surface area contributed by atoms with Gasteiger partial charge in [-0.25, -0.2) is 0 Å². The van der Waals surface area contributed by atoms with Gasteiger partial charge in [0.15, 0.2) is 0 Å². The zero-order valence-corrected chi connectivity index (χ0v) is 29.7. The highest BCUT2D eigenvalue weighted by molar-refractivity contribution is 5.87. The van der Waals surface area contributed by atoms with Crippen LogP contribution >= 0.6 is 0 Å². The van der Waals surface area contributed by atoms with Gasteiger partial charge in [-0.15, -0.1) is 0 Å². The predicted molar refractivity (Wildman–Crippen MR) is 218 cm³/mol. The highest BCUT2D eigenvalue weighted by atomic mass is 15.1. The molecule has 248 valence electrons. The lowest BCUT2D eigenvalue weighted by Gasteiger charge is -2.28. The second kappa shape index (κ2) is 13.3. The second-order valence-electron chi connectivity index (χ2n) is 14.1. The summed E-state index contributed by atoms with van der Waals surface area (Å²) in [7, 11) is 0. The van der Waals surface area contributed by atoms with Crippen LogP contribution in [0.4, 0.5) is 34.1 Å². The van der Waals surface area contributed by atoms with Crippen molar-refractivity contribution < 1.29 is 0 Å². The fourth-order valence-corrected chi connectivity index (χ4v) is 7.50. The predicted octanol–water partition coefficient (Wildman–Crippen LogP) is 13.7. The number of benzene rings is 7. The third-order valence-electron chi connectivity index (χ3n) is 10.1. The zero-order chi connectivity index (χ0) is 35.0. The van der Waals surface area contributed by atoms with Crippen molar-refractivity contribution in [2.45, 2.75) is 33.1 Å². The van der Waals surface area contributed by atoms with Crippen LogP contribution in [0, 0.1) is 13.8 Å². The molecule has 0 heterocycles. The van der Waals surface area contributed by atoms with E-state index in [4.69, 9.17) is 0 Å². The number of nitrogens with zero attached hydrogens (tertiary/aromatic N) is 2.